The van der Waals surface area contributed by atoms with Crippen LogP contribution < -0.4 is 0 Å². The van der Waals surface area contributed by atoms with Crippen molar-refractivity contribution in [3.63, 3.8) is 0 Å². The average Bonchev–Trinajstić information content (AvgIpc) is 3.24. The summed E-state index contributed by atoms with van der Waals surface area (Å²) in [5, 5.41) is 0. The van der Waals surface area contributed by atoms with Crippen LogP contribution in [0.1, 0.15) is 43.7 Å². The molecule has 4 rings (SSSR count). The largest absolute Gasteiger partial charge is 0.342 e. The van der Waals surface area contributed by atoms with Crippen molar-refractivity contribution in [3.05, 3.63) is 35.9 Å². The third-order valence-electron chi connectivity index (χ3n) is 6.77. The molecule has 136 valence electrons. The Bertz CT molecular complexity index is 596. The fourth-order valence-electron chi connectivity index (χ4n) is 5.26. The minimum Gasteiger partial charge on any atom is -0.342 e. The minimum absolute atomic E-state index is 0.178. The van der Waals surface area contributed by atoms with E-state index in [2.05, 4.69) is 52.1 Å². The Kier molecular flexibility index (Phi) is 4.83. The first-order valence-electron chi connectivity index (χ1n) is 9.91. The lowest BCUT2D eigenvalue weighted by molar-refractivity contribution is -0.137. The van der Waals surface area contributed by atoms with Crippen LogP contribution in [0.2, 0.25) is 0 Å². The van der Waals surface area contributed by atoms with Crippen molar-refractivity contribution in [2.75, 3.05) is 33.7 Å². The molecule has 0 unspecified atom stereocenters. The third kappa shape index (κ3) is 3.22. The standard InChI is InChI=1S/C21H31N3O/c1-22-13-10-17(11-14-22)23(2)21(25)18-15-20(16-7-4-3-5-8-16)24-12-6-9-19(18)24/h3-5,7-8,17-20H,6,9-15H2,1-2H3/t18-,19+,20-/m0/s1. The molecule has 0 spiro atoms. The highest BCUT2D eigenvalue weighted by atomic mass is 16.2. The van der Waals surface area contributed by atoms with Gasteiger partial charge in [-0.25, -0.2) is 0 Å². The van der Waals surface area contributed by atoms with Gasteiger partial charge < -0.3 is 9.80 Å². The van der Waals surface area contributed by atoms with Crippen molar-refractivity contribution in [1.29, 1.82) is 0 Å². The highest BCUT2D eigenvalue weighted by Crippen LogP contribution is 2.45. The molecule has 3 aliphatic rings. The van der Waals surface area contributed by atoms with Gasteiger partial charge in [0.2, 0.25) is 5.91 Å². The number of rotatable bonds is 3. The number of hydrogen-bond acceptors (Lipinski definition) is 3. The summed E-state index contributed by atoms with van der Waals surface area (Å²) in [6, 6.07) is 12.1. The summed E-state index contributed by atoms with van der Waals surface area (Å²) in [7, 11) is 4.23. The predicted octanol–water partition coefficient (Wildman–Crippen LogP) is 2.76. The predicted molar refractivity (Wildman–Crippen MR) is 100 cm³/mol. The molecule has 3 atom stereocenters. The second-order valence-corrected chi connectivity index (χ2v) is 8.20. The molecule has 3 fully saturated rings. The Hall–Kier alpha value is -1.39. The summed E-state index contributed by atoms with van der Waals surface area (Å²) < 4.78 is 0. The number of benzene rings is 1. The van der Waals surface area contributed by atoms with Gasteiger partial charge in [-0.05, 0) is 64.3 Å². The van der Waals surface area contributed by atoms with Crippen molar-refractivity contribution < 1.29 is 4.79 Å². The molecule has 3 heterocycles. The second kappa shape index (κ2) is 7.08. The first kappa shape index (κ1) is 17.0. The van der Waals surface area contributed by atoms with E-state index in [1.807, 2.05) is 7.05 Å². The highest BCUT2D eigenvalue weighted by molar-refractivity contribution is 5.80. The maximum absolute atomic E-state index is 13.3. The number of likely N-dealkylation sites (tertiary alicyclic amines) is 1. The molecule has 4 nitrogen and oxygen atoms in total. The zero-order valence-electron chi connectivity index (χ0n) is 15.6. The van der Waals surface area contributed by atoms with Crippen molar-refractivity contribution >= 4 is 5.91 Å². The number of nitrogens with zero attached hydrogens (tertiary/aromatic N) is 3. The lowest BCUT2D eigenvalue weighted by Gasteiger charge is -2.37. The maximum atomic E-state index is 13.3. The lowest BCUT2D eigenvalue weighted by Crippen LogP contribution is -2.48. The van der Waals surface area contributed by atoms with E-state index < -0.39 is 0 Å². The van der Waals surface area contributed by atoms with Crippen LogP contribution in [-0.2, 0) is 4.79 Å². The summed E-state index contributed by atoms with van der Waals surface area (Å²) in [4.78, 5) is 20.4. The zero-order valence-corrected chi connectivity index (χ0v) is 15.6. The van der Waals surface area contributed by atoms with E-state index in [1.54, 1.807) is 0 Å². The van der Waals surface area contributed by atoms with Crippen LogP contribution in [0.3, 0.4) is 0 Å². The van der Waals surface area contributed by atoms with Gasteiger partial charge in [-0.3, -0.25) is 9.69 Å². The van der Waals surface area contributed by atoms with Gasteiger partial charge in [0, 0.05) is 25.2 Å². The van der Waals surface area contributed by atoms with Gasteiger partial charge >= 0.3 is 0 Å². The molecule has 4 heteroatoms. The molecule has 0 aliphatic carbocycles. The molecule has 3 aliphatic heterocycles. The summed E-state index contributed by atoms with van der Waals surface area (Å²) in [6.45, 7) is 3.36. The fraction of sp³-hybridized carbons (Fsp3) is 0.667. The van der Waals surface area contributed by atoms with E-state index >= 15 is 0 Å². The Morgan fingerprint density at radius 2 is 1.80 bits per heavy atom. The number of amides is 1. The third-order valence-corrected chi connectivity index (χ3v) is 6.77. The first-order valence-corrected chi connectivity index (χ1v) is 9.91. The molecule has 1 aromatic rings. The second-order valence-electron chi connectivity index (χ2n) is 8.20. The van der Waals surface area contributed by atoms with Crippen LogP contribution in [0.25, 0.3) is 0 Å². The Morgan fingerprint density at radius 1 is 1.08 bits per heavy atom. The molecule has 1 aromatic carbocycles. The monoisotopic (exact) mass is 341 g/mol. The minimum atomic E-state index is 0.178. The van der Waals surface area contributed by atoms with E-state index in [1.165, 1.54) is 18.4 Å². The van der Waals surface area contributed by atoms with Crippen LogP contribution in [0, 0.1) is 5.92 Å². The molecule has 0 bridgehead atoms. The fourth-order valence-corrected chi connectivity index (χ4v) is 5.26. The summed E-state index contributed by atoms with van der Waals surface area (Å²) in [6.07, 6.45) is 5.63. The molecular formula is C21H31N3O. The van der Waals surface area contributed by atoms with Gasteiger partial charge in [-0.1, -0.05) is 30.3 Å². The number of carbonyl (C=O) groups excluding carboxylic acids is 1. The van der Waals surface area contributed by atoms with Crippen LogP contribution in [0.5, 0.6) is 0 Å². The van der Waals surface area contributed by atoms with Gasteiger partial charge in [0.15, 0.2) is 0 Å². The van der Waals surface area contributed by atoms with E-state index in [9.17, 15) is 4.79 Å². The quantitative estimate of drug-likeness (QED) is 0.846. The molecule has 3 saturated heterocycles. The molecule has 0 radical (unpaired) electrons. The van der Waals surface area contributed by atoms with Crippen molar-refractivity contribution in [3.8, 4) is 0 Å². The van der Waals surface area contributed by atoms with E-state index in [4.69, 9.17) is 0 Å². The summed E-state index contributed by atoms with van der Waals surface area (Å²) in [5.41, 5.74) is 1.38. The molecular weight excluding hydrogens is 310 g/mol. The van der Waals surface area contributed by atoms with Gasteiger partial charge in [0.25, 0.3) is 0 Å². The number of fused-ring (bicyclic) bond motifs is 1. The maximum Gasteiger partial charge on any atom is 0.227 e. The van der Waals surface area contributed by atoms with Crippen molar-refractivity contribution in [1.82, 2.24) is 14.7 Å². The molecule has 0 N–H and O–H groups in total. The summed E-state index contributed by atoms with van der Waals surface area (Å²) >= 11 is 0. The Balaban J connectivity index is 1.49. The van der Waals surface area contributed by atoms with Crippen molar-refractivity contribution in [2.24, 2.45) is 5.92 Å². The molecule has 0 aromatic heterocycles. The number of piperidine rings is 1. The Labute approximate surface area is 151 Å². The van der Waals surface area contributed by atoms with Crippen molar-refractivity contribution in [2.45, 2.75) is 50.2 Å². The summed E-state index contributed by atoms with van der Waals surface area (Å²) in [5.74, 6) is 0.572. The SMILES string of the molecule is CN1CCC(N(C)C(=O)[C@H]2C[C@@H](c3ccccc3)N3CCC[C@H]23)CC1. The van der Waals surface area contributed by atoms with Crippen LogP contribution in [-0.4, -0.2) is 66.4 Å². The van der Waals surface area contributed by atoms with Gasteiger partial charge in [-0.2, -0.15) is 0 Å². The molecule has 1 amide bonds. The molecule has 0 saturated carbocycles. The van der Waals surface area contributed by atoms with Crippen LogP contribution >= 0.6 is 0 Å². The van der Waals surface area contributed by atoms with Gasteiger partial charge in [0.05, 0.1) is 5.92 Å². The average molecular weight is 341 g/mol. The topological polar surface area (TPSA) is 26.8 Å². The van der Waals surface area contributed by atoms with E-state index in [-0.39, 0.29) is 5.92 Å². The van der Waals surface area contributed by atoms with E-state index in [0.29, 0.717) is 24.0 Å². The number of hydrogen-bond donors (Lipinski definition) is 0. The van der Waals surface area contributed by atoms with Gasteiger partial charge in [0.1, 0.15) is 0 Å². The lowest BCUT2D eigenvalue weighted by atomic mass is 9.92. The number of carbonyl (C=O) groups is 1. The first-order chi connectivity index (χ1) is 12.1. The zero-order chi connectivity index (χ0) is 17.4. The molecule has 25 heavy (non-hydrogen) atoms. The highest BCUT2D eigenvalue weighted by Gasteiger charge is 2.48. The van der Waals surface area contributed by atoms with E-state index in [0.717, 1.165) is 38.9 Å². The van der Waals surface area contributed by atoms with Crippen LogP contribution in [0.4, 0.5) is 0 Å². The van der Waals surface area contributed by atoms with Gasteiger partial charge in [-0.15, -0.1) is 0 Å². The van der Waals surface area contributed by atoms with Crippen LogP contribution in [0.15, 0.2) is 30.3 Å². The smallest absolute Gasteiger partial charge is 0.227 e. The Morgan fingerprint density at radius 3 is 2.52 bits per heavy atom. The normalized spacial score (nSPS) is 31.2.